The predicted molar refractivity (Wildman–Crippen MR) is 128 cm³/mol. The van der Waals surface area contributed by atoms with Crippen molar-refractivity contribution in [1.82, 2.24) is 19.9 Å². The van der Waals surface area contributed by atoms with Gasteiger partial charge in [0.25, 0.3) is 5.91 Å². The number of nitrogens with one attached hydrogen (secondary N) is 1. The molecule has 4 rings (SSSR count). The Balaban J connectivity index is 1.71. The molecule has 0 unspecified atom stereocenters. The normalized spacial score (nSPS) is 15.7. The van der Waals surface area contributed by atoms with Crippen LogP contribution in [0.25, 0.3) is 11.1 Å². The van der Waals surface area contributed by atoms with Crippen LogP contribution in [0.5, 0.6) is 0 Å². The van der Waals surface area contributed by atoms with E-state index in [-0.39, 0.29) is 17.9 Å². The highest BCUT2D eigenvalue weighted by atomic mass is 16.2. The Morgan fingerprint density at radius 3 is 2.45 bits per heavy atom. The van der Waals surface area contributed by atoms with Crippen LogP contribution in [0.2, 0.25) is 0 Å². The van der Waals surface area contributed by atoms with E-state index < -0.39 is 0 Å². The summed E-state index contributed by atoms with van der Waals surface area (Å²) in [5.41, 5.74) is 3.99. The lowest BCUT2D eigenvalue weighted by Crippen LogP contribution is -2.39. The van der Waals surface area contributed by atoms with Gasteiger partial charge >= 0.3 is 0 Å². The number of benzene rings is 1. The largest absolute Gasteiger partial charge is 0.347 e. The summed E-state index contributed by atoms with van der Waals surface area (Å²) >= 11 is 0. The first-order valence-electron chi connectivity index (χ1n) is 11.1. The second kappa shape index (κ2) is 9.77. The second-order valence-electron chi connectivity index (χ2n) is 8.37. The van der Waals surface area contributed by atoms with E-state index >= 15 is 0 Å². The van der Waals surface area contributed by atoms with Gasteiger partial charge < -0.3 is 15.1 Å². The van der Waals surface area contributed by atoms with Gasteiger partial charge in [-0.3, -0.25) is 14.6 Å². The highest BCUT2D eigenvalue weighted by Crippen LogP contribution is 2.37. The minimum Gasteiger partial charge on any atom is -0.347 e. The molecule has 8 heteroatoms. The van der Waals surface area contributed by atoms with Crippen molar-refractivity contribution in [2.45, 2.75) is 32.2 Å². The summed E-state index contributed by atoms with van der Waals surface area (Å²) in [6, 6.07) is 10.7. The molecule has 170 valence electrons. The third-order valence-electron chi connectivity index (χ3n) is 5.73. The first-order valence-corrected chi connectivity index (χ1v) is 11.1. The number of amides is 2. The molecular weight excluding hydrogens is 416 g/mol. The van der Waals surface area contributed by atoms with E-state index in [1.807, 2.05) is 42.2 Å². The second-order valence-corrected chi connectivity index (χ2v) is 8.37. The summed E-state index contributed by atoms with van der Waals surface area (Å²) in [4.78, 5) is 42.2. The summed E-state index contributed by atoms with van der Waals surface area (Å²) in [5, 5.41) is 2.74. The van der Waals surface area contributed by atoms with Crippen LogP contribution in [0.4, 0.5) is 11.6 Å². The molecule has 0 radical (unpaired) electrons. The Morgan fingerprint density at radius 2 is 1.79 bits per heavy atom. The average Bonchev–Trinajstić information content (AvgIpc) is 2.84. The summed E-state index contributed by atoms with van der Waals surface area (Å²) in [6.07, 6.45) is 8.14. The van der Waals surface area contributed by atoms with Crippen LogP contribution in [0, 0.1) is 0 Å². The van der Waals surface area contributed by atoms with Crippen LogP contribution in [-0.4, -0.2) is 52.3 Å². The lowest BCUT2D eigenvalue weighted by atomic mass is 9.93. The first-order chi connectivity index (χ1) is 15.9. The molecule has 2 aromatic heterocycles. The van der Waals surface area contributed by atoms with Crippen LogP contribution in [-0.2, 0) is 4.79 Å². The number of rotatable bonds is 5. The van der Waals surface area contributed by atoms with E-state index in [0.717, 1.165) is 36.1 Å². The molecule has 3 aromatic rings. The summed E-state index contributed by atoms with van der Waals surface area (Å²) < 4.78 is 0. The summed E-state index contributed by atoms with van der Waals surface area (Å²) in [7, 11) is 3.82. The van der Waals surface area contributed by atoms with Crippen molar-refractivity contribution in [1.29, 1.82) is 0 Å². The molecular formula is C25H28N6O2. The van der Waals surface area contributed by atoms with Crippen molar-refractivity contribution in [3.63, 3.8) is 0 Å². The fourth-order valence-corrected chi connectivity index (χ4v) is 4.13. The third-order valence-corrected chi connectivity index (χ3v) is 5.73. The van der Waals surface area contributed by atoms with Crippen molar-refractivity contribution in [3.8, 4) is 11.1 Å². The van der Waals surface area contributed by atoms with Crippen molar-refractivity contribution in [3.05, 3.63) is 66.2 Å². The Morgan fingerprint density at radius 1 is 1.06 bits per heavy atom. The lowest BCUT2D eigenvalue weighted by Gasteiger charge is -2.36. The minimum atomic E-state index is -0.161. The number of anilines is 2. The number of carbonyl (C=O) groups excluding carboxylic acids is 2. The van der Waals surface area contributed by atoms with Crippen LogP contribution in [0.15, 0.2) is 55.0 Å². The highest BCUT2D eigenvalue weighted by molar-refractivity contribution is 5.96. The van der Waals surface area contributed by atoms with Gasteiger partial charge in [-0.15, -0.1) is 0 Å². The van der Waals surface area contributed by atoms with Crippen molar-refractivity contribution in [2.24, 2.45) is 0 Å². The van der Waals surface area contributed by atoms with Gasteiger partial charge in [0.05, 0.1) is 11.7 Å². The number of hydrogen-bond donors (Lipinski definition) is 1. The lowest BCUT2D eigenvalue weighted by molar-refractivity contribution is -0.114. The van der Waals surface area contributed by atoms with Gasteiger partial charge in [-0.05, 0) is 61.2 Å². The van der Waals surface area contributed by atoms with Gasteiger partial charge in [0, 0.05) is 63.0 Å². The molecule has 1 saturated heterocycles. The fourth-order valence-electron chi connectivity index (χ4n) is 4.13. The standard InChI is InChI=1S/C25H28N6O2/c1-17(32)28-20-9-7-19(8-10-20)24(33)31-15-5-4-6-22(31)23-21(18-11-13-26-14-12-18)16-27-25(29-23)30(2)3/h7-14,16,22H,4-6,15H2,1-3H3,(H,28,32)/t22-/m0/s1. The number of aromatic nitrogens is 3. The maximum absolute atomic E-state index is 13.6. The quantitative estimate of drug-likeness (QED) is 0.641. The van der Waals surface area contributed by atoms with Crippen LogP contribution in [0.3, 0.4) is 0 Å². The zero-order valence-electron chi connectivity index (χ0n) is 19.2. The Labute approximate surface area is 193 Å². The molecule has 0 spiro atoms. The maximum atomic E-state index is 13.6. The van der Waals surface area contributed by atoms with Gasteiger partial charge in [-0.1, -0.05) is 0 Å². The van der Waals surface area contributed by atoms with Gasteiger partial charge in [0.1, 0.15) is 0 Å². The number of piperidine rings is 1. The highest BCUT2D eigenvalue weighted by Gasteiger charge is 2.32. The molecule has 1 atom stereocenters. The van der Waals surface area contributed by atoms with Gasteiger partial charge in [-0.25, -0.2) is 9.97 Å². The number of pyridine rings is 1. The molecule has 1 aliphatic heterocycles. The maximum Gasteiger partial charge on any atom is 0.254 e. The summed E-state index contributed by atoms with van der Waals surface area (Å²) in [6.45, 7) is 2.12. The zero-order chi connectivity index (χ0) is 23.4. The monoisotopic (exact) mass is 444 g/mol. The topological polar surface area (TPSA) is 91.3 Å². The Hall–Kier alpha value is -3.81. The van der Waals surface area contributed by atoms with E-state index in [9.17, 15) is 9.59 Å². The number of likely N-dealkylation sites (tertiary alicyclic amines) is 1. The fraction of sp³-hybridized carbons (Fsp3) is 0.320. The van der Waals surface area contributed by atoms with Crippen LogP contribution >= 0.6 is 0 Å². The Bertz CT molecular complexity index is 1130. The van der Waals surface area contributed by atoms with E-state index in [4.69, 9.17) is 4.98 Å². The SMILES string of the molecule is CC(=O)Nc1ccc(C(=O)N2CCCC[C@H]2c2nc(N(C)C)ncc2-c2ccncc2)cc1. The number of carbonyl (C=O) groups is 2. The van der Waals surface area contributed by atoms with Crippen LogP contribution in [0.1, 0.15) is 48.3 Å². The van der Waals surface area contributed by atoms with Crippen molar-refractivity contribution >= 4 is 23.5 Å². The van der Waals surface area contributed by atoms with Crippen molar-refractivity contribution in [2.75, 3.05) is 30.9 Å². The minimum absolute atomic E-state index is 0.0419. The zero-order valence-corrected chi connectivity index (χ0v) is 19.2. The molecule has 1 N–H and O–H groups in total. The number of nitrogens with zero attached hydrogens (tertiary/aromatic N) is 5. The van der Waals surface area contributed by atoms with Crippen molar-refractivity contribution < 1.29 is 9.59 Å². The van der Waals surface area contributed by atoms with E-state index in [2.05, 4.69) is 15.3 Å². The molecule has 1 aromatic carbocycles. The molecule has 2 amide bonds. The molecule has 1 aliphatic rings. The molecule has 0 bridgehead atoms. The molecule has 0 saturated carbocycles. The molecule has 3 heterocycles. The molecule has 1 fully saturated rings. The Kier molecular flexibility index (Phi) is 6.63. The predicted octanol–water partition coefficient (Wildman–Crippen LogP) is 3.93. The molecule has 8 nitrogen and oxygen atoms in total. The molecule has 0 aliphatic carbocycles. The van der Waals surface area contributed by atoms with E-state index in [1.54, 1.807) is 36.7 Å². The summed E-state index contributed by atoms with van der Waals surface area (Å²) in [5.74, 6) is 0.425. The first kappa shape index (κ1) is 22.4. The van der Waals surface area contributed by atoms with Crippen LogP contribution < -0.4 is 10.2 Å². The smallest absolute Gasteiger partial charge is 0.254 e. The van der Waals surface area contributed by atoms with Gasteiger partial charge in [0.15, 0.2) is 0 Å². The van der Waals surface area contributed by atoms with Gasteiger partial charge in [0.2, 0.25) is 11.9 Å². The van der Waals surface area contributed by atoms with Gasteiger partial charge in [-0.2, -0.15) is 0 Å². The third kappa shape index (κ3) is 5.00. The van der Waals surface area contributed by atoms with E-state index in [0.29, 0.717) is 23.7 Å². The number of hydrogen-bond acceptors (Lipinski definition) is 6. The van der Waals surface area contributed by atoms with E-state index in [1.165, 1.54) is 6.92 Å². The molecule has 33 heavy (non-hydrogen) atoms. The average molecular weight is 445 g/mol.